The molecule has 0 unspecified atom stereocenters. The first-order valence-electron chi connectivity index (χ1n) is 11.0. The first kappa shape index (κ1) is 23.6. The molecule has 4 rings (SSSR count). The molecule has 2 atom stereocenters. The molecule has 10 heteroatoms. The van der Waals surface area contributed by atoms with E-state index in [0.717, 1.165) is 10.7 Å². The van der Waals surface area contributed by atoms with Gasteiger partial charge in [-0.25, -0.2) is 13.6 Å². The molecule has 2 fully saturated rings. The van der Waals surface area contributed by atoms with Crippen LogP contribution in [0.3, 0.4) is 0 Å². The maximum absolute atomic E-state index is 15.5. The minimum absolute atomic E-state index is 0.134. The van der Waals surface area contributed by atoms with Gasteiger partial charge in [-0.3, -0.25) is 0 Å². The Labute approximate surface area is 193 Å². The number of benzene rings is 2. The number of hydrogen-bond donors (Lipinski definition) is 1. The Morgan fingerprint density at radius 1 is 1.12 bits per heavy atom. The minimum Gasteiger partial charge on any atom is -0.325 e. The third-order valence-electron chi connectivity index (χ3n) is 6.34. The first-order valence-corrected chi connectivity index (χ1v) is 12.4. The van der Waals surface area contributed by atoms with Crippen LogP contribution >= 0.6 is 0 Å². The third kappa shape index (κ3) is 4.87. The lowest BCUT2D eigenvalue weighted by Crippen LogP contribution is -2.55. The molecule has 2 aliphatic heterocycles. The predicted molar refractivity (Wildman–Crippen MR) is 122 cm³/mol. The van der Waals surface area contributed by atoms with E-state index in [1.165, 1.54) is 32.3 Å². The summed E-state index contributed by atoms with van der Waals surface area (Å²) in [5.41, 5.74) is 1.02. The maximum atomic E-state index is 15.5. The summed E-state index contributed by atoms with van der Waals surface area (Å²) in [5.74, 6) is -0.960. The third-order valence-corrected chi connectivity index (χ3v) is 7.90. The highest BCUT2D eigenvalue weighted by atomic mass is 32.2. The summed E-state index contributed by atoms with van der Waals surface area (Å²) in [6, 6.07) is 9.36. The average molecular weight is 479 g/mol. The molecule has 2 saturated heterocycles. The van der Waals surface area contributed by atoms with Gasteiger partial charge in [-0.1, -0.05) is 30.3 Å². The molecule has 33 heavy (non-hydrogen) atoms. The minimum atomic E-state index is -3.74. The number of likely N-dealkylation sites (tertiary alicyclic amines) is 2. The molecular weight excluding hydrogens is 450 g/mol. The number of nitrogens with one attached hydrogen (secondary N) is 1. The Morgan fingerprint density at radius 2 is 1.85 bits per heavy atom. The summed E-state index contributed by atoms with van der Waals surface area (Å²) in [5, 5.41) is 0. The normalized spacial score (nSPS) is 20.9. The van der Waals surface area contributed by atoms with Gasteiger partial charge in [0, 0.05) is 45.3 Å². The molecule has 2 amide bonds. The van der Waals surface area contributed by atoms with Crippen molar-refractivity contribution < 1.29 is 22.0 Å². The summed E-state index contributed by atoms with van der Waals surface area (Å²) in [6.07, 6.45) is 1.50. The van der Waals surface area contributed by atoms with Gasteiger partial charge in [-0.2, -0.15) is 17.4 Å². The number of nitrogens with zero attached hydrogens (tertiary/aromatic N) is 3. The van der Waals surface area contributed by atoms with Crippen LogP contribution in [0.2, 0.25) is 0 Å². The molecule has 2 aliphatic rings. The zero-order chi connectivity index (χ0) is 23.8. The van der Waals surface area contributed by atoms with Gasteiger partial charge in [-0.05, 0) is 42.5 Å². The number of halogens is 2. The maximum Gasteiger partial charge on any atom is 0.320 e. The molecule has 0 spiro atoms. The standard InChI is InChI=1S/C23H28F2N4O3S/c1-27(2)33(31,32)26-20-10-13-29(23(30)28-11-5-12-28)21(20)15-17-7-4-9-19(22(17)25)16-6-3-8-18(24)14-16/h3-4,6-9,14,20-21,26H,5,10-13,15H2,1-2H3/t20-,21-/m0/s1. The molecule has 1 N–H and O–H groups in total. The summed E-state index contributed by atoms with van der Waals surface area (Å²) in [4.78, 5) is 16.4. The quantitative estimate of drug-likeness (QED) is 0.694. The number of carbonyl (C=O) groups excluding carboxylic acids is 1. The van der Waals surface area contributed by atoms with Crippen molar-refractivity contribution in [3.63, 3.8) is 0 Å². The fourth-order valence-electron chi connectivity index (χ4n) is 4.31. The SMILES string of the molecule is CN(C)S(=O)(=O)N[C@H]1CCN(C(=O)N2CCC2)[C@H]1Cc1cccc(-c2cccc(F)c2)c1F. The lowest BCUT2D eigenvalue weighted by atomic mass is 9.96. The van der Waals surface area contributed by atoms with Gasteiger partial charge in [0.1, 0.15) is 11.6 Å². The Balaban J connectivity index is 1.65. The molecule has 7 nitrogen and oxygen atoms in total. The number of urea groups is 1. The van der Waals surface area contributed by atoms with E-state index in [-0.39, 0.29) is 18.0 Å². The van der Waals surface area contributed by atoms with Crippen LogP contribution in [-0.4, -0.2) is 74.4 Å². The Kier molecular flexibility index (Phi) is 6.69. The van der Waals surface area contributed by atoms with E-state index < -0.39 is 33.9 Å². The lowest BCUT2D eigenvalue weighted by Gasteiger charge is -2.38. The summed E-state index contributed by atoms with van der Waals surface area (Å²) in [6.45, 7) is 1.71. The van der Waals surface area contributed by atoms with Crippen LogP contribution in [0.4, 0.5) is 13.6 Å². The Hall–Kier alpha value is -2.56. The van der Waals surface area contributed by atoms with Gasteiger partial charge >= 0.3 is 6.03 Å². The van der Waals surface area contributed by atoms with E-state index in [4.69, 9.17) is 0 Å². The van der Waals surface area contributed by atoms with Crippen molar-refractivity contribution in [1.82, 2.24) is 18.8 Å². The second-order valence-electron chi connectivity index (χ2n) is 8.68. The highest BCUT2D eigenvalue weighted by Gasteiger charge is 2.42. The van der Waals surface area contributed by atoms with Crippen molar-refractivity contribution in [3.05, 3.63) is 59.7 Å². The van der Waals surface area contributed by atoms with Crippen LogP contribution in [0.1, 0.15) is 18.4 Å². The van der Waals surface area contributed by atoms with Crippen molar-refractivity contribution in [2.45, 2.75) is 31.3 Å². The molecule has 0 aromatic heterocycles. The van der Waals surface area contributed by atoms with Crippen molar-refractivity contribution in [2.75, 3.05) is 33.7 Å². The predicted octanol–water partition coefficient (Wildman–Crippen LogP) is 2.84. The van der Waals surface area contributed by atoms with E-state index in [2.05, 4.69) is 4.72 Å². The zero-order valence-electron chi connectivity index (χ0n) is 18.7. The van der Waals surface area contributed by atoms with E-state index in [0.29, 0.717) is 37.2 Å². The van der Waals surface area contributed by atoms with E-state index >= 15 is 4.39 Å². The molecule has 2 aromatic carbocycles. The van der Waals surface area contributed by atoms with Gasteiger partial charge in [0.05, 0.1) is 6.04 Å². The van der Waals surface area contributed by atoms with Crippen molar-refractivity contribution >= 4 is 16.2 Å². The van der Waals surface area contributed by atoms with Crippen LogP contribution < -0.4 is 4.72 Å². The Bertz CT molecular complexity index is 1140. The lowest BCUT2D eigenvalue weighted by molar-refractivity contribution is 0.120. The van der Waals surface area contributed by atoms with Crippen molar-refractivity contribution in [3.8, 4) is 11.1 Å². The first-order chi connectivity index (χ1) is 15.7. The van der Waals surface area contributed by atoms with Crippen LogP contribution in [0, 0.1) is 11.6 Å². The van der Waals surface area contributed by atoms with Gasteiger partial charge < -0.3 is 9.80 Å². The molecule has 2 heterocycles. The second-order valence-corrected chi connectivity index (χ2v) is 10.6. The molecule has 178 valence electrons. The Morgan fingerprint density at radius 3 is 2.48 bits per heavy atom. The monoisotopic (exact) mass is 478 g/mol. The number of amides is 2. The number of rotatable bonds is 6. The average Bonchev–Trinajstić information content (AvgIpc) is 3.09. The fourth-order valence-corrected chi connectivity index (χ4v) is 5.18. The van der Waals surface area contributed by atoms with Crippen LogP contribution in [-0.2, 0) is 16.6 Å². The zero-order valence-corrected chi connectivity index (χ0v) is 19.5. The van der Waals surface area contributed by atoms with Crippen molar-refractivity contribution in [1.29, 1.82) is 0 Å². The topological polar surface area (TPSA) is 73.0 Å². The summed E-state index contributed by atoms with van der Waals surface area (Å²) < 4.78 is 58.0. The van der Waals surface area contributed by atoms with Crippen molar-refractivity contribution in [2.24, 2.45) is 0 Å². The molecule has 2 aromatic rings. The fraction of sp³-hybridized carbons (Fsp3) is 0.435. The van der Waals surface area contributed by atoms with E-state index in [1.54, 1.807) is 34.1 Å². The van der Waals surface area contributed by atoms with E-state index in [9.17, 15) is 17.6 Å². The van der Waals surface area contributed by atoms with Crippen LogP contribution in [0.25, 0.3) is 11.1 Å². The van der Waals surface area contributed by atoms with Crippen LogP contribution in [0.5, 0.6) is 0 Å². The van der Waals surface area contributed by atoms with Gasteiger partial charge in [0.25, 0.3) is 10.2 Å². The molecule has 0 bridgehead atoms. The largest absolute Gasteiger partial charge is 0.325 e. The van der Waals surface area contributed by atoms with Crippen LogP contribution in [0.15, 0.2) is 42.5 Å². The van der Waals surface area contributed by atoms with Gasteiger partial charge in [-0.15, -0.1) is 0 Å². The smallest absolute Gasteiger partial charge is 0.320 e. The summed E-state index contributed by atoms with van der Waals surface area (Å²) in [7, 11) is -0.881. The number of hydrogen-bond acceptors (Lipinski definition) is 3. The number of carbonyl (C=O) groups is 1. The molecule has 0 aliphatic carbocycles. The van der Waals surface area contributed by atoms with Gasteiger partial charge in [0.2, 0.25) is 0 Å². The highest BCUT2D eigenvalue weighted by Crippen LogP contribution is 2.30. The highest BCUT2D eigenvalue weighted by molar-refractivity contribution is 7.87. The van der Waals surface area contributed by atoms with Gasteiger partial charge in [0.15, 0.2) is 0 Å². The molecule has 0 saturated carbocycles. The van der Waals surface area contributed by atoms with E-state index in [1.807, 2.05) is 0 Å². The summed E-state index contributed by atoms with van der Waals surface area (Å²) >= 11 is 0. The molecular formula is C23H28F2N4O3S. The molecule has 0 radical (unpaired) electrons. The second kappa shape index (κ2) is 9.36.